The van der Waals surface area contributed by atoms with Crippen LogP contribution < -0.4 is 10.1 Å². The van der Waals surface area contributed by atoms with Crippen molar-refractivity contribution < 1.29 is 27.2 Å². The number of aromatic nitrogens is 1. The van der Waals surface area contributed by atoms with Gasteiger partial charge >= 0.3 is 6.18 Å². The summed E-state index contributed by atoms with van der Waals surface area (Å²) < 4.78 is 48.9. The highest BCUT2D eigenvalue weighted by Crippen LogP contribution is 2.30. The van der Waals surface area contributed by atoms with Crippen LogP contribution in [0, 0.1) is 20.8 Å². The number of benzene rings is 2. The Hall–Kier alpha value is -3.29. The van der Waals surface area contributed by atoms with Crippen LogP contribution in [-0.4, -0.2) is 11.1 Å². The highest BCUT2D eigenvalue weighted by atomic mass is 19.4. The first-order valence-corrected chi connectivity index (χ1v) is 8.78. The standard InChI is InChI=1S/C21H19F3N2O3/c1-12-8-13(2)10-17(9-12)28-11-18-14(3)29-26-19(18)20(27)25-16-6-4-15(5-7-16)21(22,23)24/h4-10H,11H2,1-3H3,(H,25,27). The number of anilines is 1. The number of carbonyl (C=O) groups is 1. The Morgan fingerprint density at radius 3 is 2.28 bits per heavy atom. The molecule has 1 N–H and O–H groups in total. The maximum atomic E-state index is 12.7. The van der Waals surface area contributed by atoms with Crippen LogP contribution in [0.15, 0.2) is 47.0 Å². The van der Waals surface area contributed by atoms with Gasteiger partial charge in [0.1, 0.15) is 18.1 Å². The normalized spacial score (nSPS) is 11.4. The second-order valence-electron chi connectivity index (χ2n) is 6.71. The van der Waals surface area contributed by atoms with Gasteiger partial charge in [0, 0.05) is 5.69 Å². The van der Waals surface area contributed by atoms with Crippen molar-refractivity contribution in [1.82, 2.24) is 5.16 Å². The molecule has 3 rings (SSSR count). The molecule has 5 nitrogen and oxygen atoms in total. The van der Waals surface area contributed by atoms with Crippen molar-refractivity contribution in [3.8, 4) is 5.75 Å². The van der Waals surface area contributed by atoms with E-state index in [-0.39, 0.29) is 18.0 Å². The molecule has 1 heterocycles. The topological polar surface area (TPSA) is 64.4 Å². The second kappa shape index (κ2) is 7.98. The number of ether oxygens (including phenoxy) is 1. The minimum absolute atomic E-state index is 0.0202. The fraction of sp³-hybridized carbons (Fsp3) is 0.238. The molecule has 1 aromatic heterocycles. The number of aryl methyl sites for hydroxylation is 3. The van der Waals surface area contributed by atoms with Crippen LogP contribution in [0.4, 0.5) is 18.9 Å². The van der Waals surface area contributed by atoms with Crippen LogP contribution in [0.3, 0.4) is 0 Å². The molecule has 152 valence electrons. The van der Waals surface area contributed by atoms with Gasteiger partial charge in [-0.05, 0) is 68.3 Å². The summed E-state index contributed by atoms with van der Waals surface area (Å²) in [7, 11) is 0. The first-order chi connectivity index (χ1) is 13.6. The lowest BCUT2D eigenvalue weighted by Gasteiger charge is -2.10. The molecule has 2 aromatic carbocycles. The van der Waals surface area contributed by atoms with Crippen molar-refractivity contribution in [1.29, 1.82) is 0 Å². The lowest BCUT2D eigenvalue weighted by molar-refractivity contribution is -0.137. The number of halogens is 3. The molecular weight excluding hydrogens is 385 g/mol. The fourth-order valence-corrected chi connectivity index (χ4v) is 2.84. The van der Waals surface area contributed by atoms with E-state index in [0.717, 1.165) is 23.3 Å². The van der Waals surface area contributed by atoms with Crippen molar-refractivity contribution in [3.05, 3.63) is 76.2 Å². The molecule has 0 spiro atoms. The van der Waals surface area contributed by atoms with E-state index in [1.54, 1.807) is 6.92 Å². The first kappa shape index (κ1) is 20.4. The molecule has 1 amide bonds. The van der Waals surface area contributed by atoms with Crippen LogP contribution in [0.5, 0.6) is 5.75 Å². The maximum Gasteiger partial charge on any atom is 0.416 e. The summed E-state index contributed by atoms with van der Waals surface area (Å²) in [5.41, 5.74) is 1.99. The van der Waals surface area contributed by atoms with Crippen LogP contribution in [0.2, 0.25) is 0 Å². The van der Waals surface area contributed by atoms with Gasteiger partial charge in [-0.25, -0.2) is 0 Å². The summed E-state index contributed by atoms with van der Waals surface area (Å²) in [5.74, 6) is 0.477. The zero-order valence-electron chi connectivity index (χ0n) is 16.1. The van der Waals surface area contributed by atoms with Crippen molar-refractivity contribution in [2.75, 3.05) is 5.32 Å². The molecule has 0 radical (unpaired) electrons. The third kappa shape index (κ3) is 4.96. The van der Waals surface area contributed by atoms with Gasteiger partial charge in [0.05, 0.1) is 11.1 Å². The molecule has 0 bridgehead atoms. The van der Waals surface area contributed by atoms with E-state index in [9.17, 15) is 18.0 Å². The van der Waals surface area contributed by atoms with Crippen molar-refractivity contribution >= 4 is 11.6 Å². The van der Waals surface area contributed by atoms with E-state index in [1.165, 1.54) is 12.1 Å². The van der Waals surface area contributed by atoms with Gasteiger partial charge in [-0.3, -0.25) is 4.79 Å². The van der Waals surface area contributed by atoms with Crippen molar-refractivity contribution in [3.63, 3.8) is 0 Å². The SMILES string of the molecule is Cc1cc(C)cc(OCc2c(C(=O)Nc3ccc(C(F)(F)F)cc3)noc2C)c1. The van der Waals surface area contributed by atoms with E-state index >= 15 is 0 Å². The quantitative estimate of drug-likeness (QED) is 0.614. The first-order valence-electron chi connectivity index (χ1n) is 8.78. The molecule has 0 atom stereocenters. The second-order valence-corrected chi connectivity index (χ2v) is 6.71. The lowest BCUT2D eigenvalue weighted by atomic mass is 10.1. The summed E-state index contributed by atoms with van der Waals surface area (Å²) in [6, 6.07) is 9.91. The Balaban J connectivity index is 1.73. The van der Waals surface area contributed by atoms with Gasteiger partial charge in [0.2, 0.25) is 0 Å². The van der Waals surface area contributed by atoms with Crippen LogP contribution in [-0.2, 0) is 12.8 Å². The number of nitrogens with zero attached hydrogens (tertiary/aromatic N) is 1. The molecule has 0 saturated carbocycles. The summed E-state index contributed by atoms with van der Waals surface area (Å²) in [5, 5.41) is 6.29. The molecule has 0 fully saturated rings. The van der Waals surface area contributed by atoms with Gasteiger partial charge in [-0.2, -0.15) is 13.2 Å². The average molecular weight is 404 g/mol. The summed E-state index contributed by atoms with van der Waals surface area (Å²) in [6.45, 7) is 5.62. The Morgan fingerprint density at radius 2 is 1.69 bits per heavy atom. The van der Waals surface area contributed by atoms with Gasteiger partial charge < -0.3 is 14.6 Å². The average Bonchev–Trinajstić information content (AvgIpc) is 2.99. The van der Waals surface area contributed by atoms with Crippen molar-refractivity contribution in [2.24, 2.45) is 0 Å². The minimum Gasteiger partial charge on any atom is -0.489 e. The number of alkyl halides is 3. The zero-order valence-corrected chi connectivity index (χ0v) is 16.1. The van der Waals surface area contributed by atoms with Gasteiger partial charge in [0.25, 0.3) is 5.91 Å². The smallest absolute Gasteiger partial charge is 0.416 e. The Kier molecular flexibility index (Phi) is 5.63. The predicted octanol–water partition coefficient (Wildman–Crippen LogP) is 5.45. The van der Waals surface area contributed by atoms with Crippen molar-refractivity contribution in [2.45, 2.75) is 33.6 Å². The maximum absolute atomic E-state index is 12.7. The number of amides is 1. The molecule has 0 saturated heterocycles. The summed E-state index contributed by atoms with van der Waals surface area (Å²) >= 11 is 0. The molecule has 3 aromatic rings. The summed E-state index contributed by atoms with van der Waals surface area (Å²) in [6.07, 6.45) is -4.44. The van der Waals surface area contributed by atoms with E-state index in [0.29, 0.717) is 17.1 Å². The molecule has 0 unspecified atom stereocenters. The minimum atomic E-state index is -4.44. The number of rotatable bonds is 5. The molecule has 8 heteroatoms. The van der Waals surface area contributed by atoms with Crippen LogP contribution >= 0.6 is 0 Å². The number of hydrogen-bond donors (Lipinski definition) is 1. The largest absolute Gasteiger partial charge is 0.489 e. The molecule has 29 heavy (non-hydrogen) atoms. The summed E-state index contributed by atoms with van der Waals surface area (Å²) in [4.78, 5) is 12.5. The number of carbonyl (C=O) groups excluding carboxylic acids is 1. The Labute approximate surface area is 165 Å². The van der Waals surface area contributed by atoms with E-state index in [1.807, 2.05) is 32.0 Å². The number of hydrogen-bond acceptors (Lipinski definition) is 4. The third-order valence-electron chi connectivity index (χ3n) is 4.25. The Bertz CT molecular complexity index is 1000. The van der Waals surface area contributed by atoms with Crippen LogP contribution in [0.25, 0.3) is 0 Å². The Morgan fingerprint density at radius 1 is 1.07 bits per heavy atom. The molecular formula is C21H19F3N2O3. The van der Waals surface area contributed by atoms with E-state index < -0.39 is 17.6 Å². The highest BCUT2D eigenvalue weighted by Gasteiger charge is 2.30. The lowest BCUT2D eigenvalue weighted by Crippen LogP contribution is -2.15. The predicted molar refractivity (Wildman–Crippen MR) is 101 cm³/mol. The van der Waals surface area contributed by atoms with Crippen LogP contribution in [0.1, 0.15) is 38.5 Å². The molecule has 0 aliphatic rings. The highest BCUT2D eigenvalue weighted by molar-refractivity contribution is 6.03. The van der Waals surface area contributed by atoms with E-state index in [4.69, 9.17) is 9.26 Å². The van der Waals surface area contributed by atoms with Gasteiger partial charge in [-0.15, -0.1) is 0 Å². The molecule has 0 aliphatic heterocycles. The molecule has 0 aliphatic carbocycles. The van der Waals surface area contributed by atoms with E-state index in [2.05, 4.69) is 10.5 Å². The zero-order chi connectivity index (χ0) is 21.2. The fourth-order valence-electron chi connectivity index (χ4n) is 2.84. The van der Waals surface area contributed by atoms with Gasteiger partial charge in [-0.1, -0.05) is 11.2 Å². The monoisotopic (exact) mass is 404 g/mol. The van der Waals surface area contributed by atoms with Gasteiger partial charge in [0.15, 0.2) is 5.69 Å². The number of nitrogens with one attached hydrogen (secondary N) is 1. The third-order valence-corrected chi connectivity index (χ3v) is 4.25.